The zero-order valence-corrected chi connectivity index (χ0v) is 24.1. The Kier molecular flexibility index (Phi) is 8.96. The van der Waals surface area contributed by atoms with E-state index in [0.29, 0.717) is 52.4 Å². The monoisotopic (exact) mass is 572 g/mol. The number of likely N-dealkylation sites (tertiary alicyclic amines) is 1. The van der Waals surface area contributed by atoms with Gasteiger partial charge in [-0.25, -0.2) is 4.98 Å². The van der Waals surface area contributed by atoms with Crippen molar-refractivity contribution in [1.29, 1.82) is 0 Å². The van der Waals surface area contributed by atoms with Crippen LogP contribution in [0, 0.1) is 0 Å². The third kappa shape index (κ3) is 6.19. The molecular weight excluding hydrogens is 535 g/mol. The molecule has 1 aromatic heterocycles. The van der Waals surface area contributed by atoms with Gasteiger partial charge in [0, 0.05) is 61.1 Å². The van der Waals surface area contributed by atoms with Crippen molar-refractivity contribution in [3.05, 3.63) is 57.2 Å². The van der Waals surface area contributed by atoms with E-state index in [1.807, 2.05) is 19.1 Å². The quantitative estimate of drug-likeness (QED) is 0.512. The number of hydrogen-bond donors (Lipinski definition) is 2. The molecule has 0 unspecified atom stereocenters. The molecule has 2 amide bonds. The summed E-state index contributed by atoms with van der Waals surface area (Å²) in [4.78, 5) is 36.4. The summed E-state index contributed by atoms with van der Waals surface area (Å²) in [7, 11) is 0. The third-order valence-corrected chi connectivity index (χ3v) is 9.08. The highest BCUT2D eigenvalue weighted by molar-refractivity contribution is 6.33. The number of piperazine rings is 1. The Labute approximate surface area is 240 Å². The van der Waals surface area contributed by atoms with Crippen LogP contribution in [-0.4, -0.2) is 77.4 Å². The minimum Gasteiger partial charge on any atom is -0.366 e. The lowest BCUT2D eigenvalue weighted by Crippen LogP contribution is -2.64. The Morgan fingerprint density at radius 2 is 1.77 bits per heavy atom. The average molecular weight is 574 g/mol. The number of pyridine rings is 1. The molecule has 3 aliphatic rings. The van der Waals surface area contributed by atoms with Gasteiger partial charge in [0.15, 0.2) is 0 Å². The van der Waals surface area contributed by atoms with Crippen LogP contribution < -0.4 is 16.0 Å². The van der Waals surface area contributed by atoms with Crippen molar-refractivity contribution in [3.8, 4) is 0 Å². The van der Waals surface area contributed by atoms with E-state index >= 15 is 0 Å². The maximum absolute atomic E-state index is 12.3. The molecule has 5 rings (SSSR count). The first-order valence-electron chi connectivity index (χ1n) is 14.1. The van der Waals surface area contributed by atoms with Crippen LogP contribution in [0.3, 0.4) is 0 Å². The van der Waals surface area contributed by atoms with Gasteiger partial charge in [-0.05, 0) is 69.5 Å². The summed E-state index contributed by atoms with van der Waals surface area (Å²) < 4.78 is 0. The highest BCUT2D eigenvalue weighted by atomic mass is 35.5. The number of hydrogen-bond acceptors (Lipinski definition) is 6. The number of aromatic nitrogens is 1. The van der Waals surface area contributed by atoms with Crippen molar-refractivity contribution in [3.63, 3.8) is 0 Å². The van der Waals surface area contributed by atoms with Crippen molar-refractivity contribution in [2.24, 2.45) is 5.73 Å². The lowest BCUT2D eigenvalue weighted by molar-refractivity contribution is 0.0300. The maximum atomic E-state index is 12.3. The Balaban J connectivity index is 1.24. The fourth-order valence-electron chi connectivity index (χ4n) is 6.71. The number of carbonyl (C=O) groups excluding carboxylic acids is 2. The van der Waals surface area contributed by atoms with Gasteiger partial charge in [-0.15, -0.1) is 0 Å². The number of piperidine rings is 1. The second kappa shape index (κ2) is 12.4. The SMILES string of the molecule is CCNC(=O)c1cnc(N2CCN(C3CCN(Cc4ccc(Cl)cc4C(N)=O)CC3)[C@H]3CCCC[C@H]32)c(Cl)c1. The van der Waals surface area contributed by atoms with E-state index < -0.39 is 5.91 Å². The molecule has 10 heteroatoms. The molecule has 3 N–H and O–H groups in total. The number of amides is 2. The molecule has 0 spiro atoms. The Bertz CT molecular complexity index is 1200. The zero-order chi connectivity index (χ0) is 27.5. The highest BCUT2D eigenvalue weighted by Gasteiger charge is 2.42. The number of nitrogens with zero attached hydrogens (tertiary/aromatic N) is 4. The van der Waals surface area contributed by atoms with Crippen LogP contribution in [0.2, 0.25) is 10.0 Å². The van der Waals surface area contributed by atoms with E-state index in [2.05, 4.69) is 25.0 Å². The highest BCUT2D eigenvalue weighted by Crippen LogP contribution is 2.38. The molecule has 2 saturated heterocycles. The van der Waals surface area contributed by atoms with Crippen molar-refractivity contribution in [1.82, 2.24) is 20.1 Å². The Morgan fingerprint density at radius 3 is 2.46 bits per heavy atom. The van der Waals surface area contributed by atoms with Crippen LogP contribution in [0.1, 0.15) is 71.7 Å². The number of primary amides is 1. The van der Waals surface area contributed by atoms with Gasteiger partial charge in [0.25, 0.3) is 5.91 Å². The van der Waals surface area contributed by atoms with E-state index in [-0.39, 0.29) is 5.91 Å². The molecule has 3 heterocycles. The molecule has 39 heavy (non-hydrogen) atoms. The van der Waals surface area contributed by atoms with Crippen molar-refractivity contribution < 1.29 is 9.59 Å². The first-order valence-corrected chi connectivity index (χ1v) is 14.9. The van der Waals surface area contributed by atoms with Crippen molar-refractivity contribution >= 4 is 40.8 Å². The molecule has 0 bridgehead atoms. The molecule has 3 fully saturated rings. The molecule has 2 aliphatic heterocycles. The van der Waals surface area contributed by atoms with Gasteiger partial charge in [-0.1, -0.05) is 42.1 Å². The second-order valence-corrected chi connectivity index (χ2v) is 11.8. The molecule has 8 nitrogen and oxygen atoms in total. The smallest absolute Gasteiger partial charge is 0.252 e. The number of fused-ring (bicyclic) bond motifs is 1. The van der Waals surface area contributed by atoms with E-state index in [4.69, 9.17) is 28.9 Å². The average Bonchev–Trinajstić information content (AvgIpc) is 2.94. The predicted molar refractivity (Wildman–Crippen MR) is 156 cm³/mol. The summed E-state index contributed by atoms with van der Waals surface area (Å²) in [5, 5.41) is 3.89. The van der Waals surface area contributed by atoms with Crippen LogP contribution in [0.15, 0.2) is 30.5 Å². The molecule has 210 valence electrons. The molecule has 1 aliphatic carbocycles. The van der Waals surface area contributed by atoms with Gasteiger partial charge in [-0.2, -0.15) is 0 Å². The minimum atomic E-state index is -0.433. The van der Waals surface area contributed by atoms with Gasteiger partial charge >= 0.3 is 0 Å². The largest absolute Gasteiger partial charge is 0.366 e. The van der Waals surface area contributed by atoms with E-state index in [9.17, 15) is 9.59 Å². The van der Waals surface area contributed by atoms with Crippen LogP contribution in [-0.2, 0) is 6.54 Å². The standard InChI is InChI=1S/C29H38Cl2N6O2/c1-2-33-29(39)20-15-24(31)28(34-17-20)37-14-13-36(25-5-3-4-6-26(25)37)22-9-11-35(12-10-22)18-19-7-8-21(30)16-23(19)27(32)38/h7-8,15-17,22,25-26H,2-6,9-14,18H2,1H3,(H2,32,38)(H,33,39)/t25-,26+/m0/s1. The maximum Gasteiger partial charge on any atom is 0.252 e. The summed E-state index contributed by atoms with van der Waals surface area (Å²) >= 11 is 12.8. The number of carbonyl (C=O) groups is 2. The van der Waals surface area contributed by atoms with Gasteiger partial charge < -0.3 is 16.0 Å². The van der Waals surface area contributed by atoms with Crippen LogP contribution in [0.4, 0.5) is 5.82 Å². The minimum absolute atomic E-state index is 0.146. The molecule has 2 aromatic rings. The Morgan fingerprint density at radius 1 is 1.03 bits per heavy atom. The summed E-state index contributed by atoms with van der Waals surface area (Å²) in [5.74, 6) is 0.216. The van der Waals surface area contributed by atoms with Crippen LogP contribution in [0.5, 0.6) is 0 Å². The normalized spacial score (nSPS) is 22.9. The van der Waals surface area contributed by atoms with Gasteiger partial charge in [0.05, 0.1) is 10.6 Å². The van der Waals surface area contributed by atoms with Crippen molar-refractivity contribution in [2.75, 3.05) is 37.6 Å². The predicted octanol–water partition coefficient (Wildman–Crippen LogP) is 4.33. The molecule has 2 atom stereocenters. The lowest BCUT2D eigenvalue weighted by Gasteiger charge is -2.54. The van der Waals surface area contributed by atoms with E-state index in [1.54, 1.807) is 18.3 Å². The topological polar surface area (TPSA) is 94.8 Å². The third-order valence-electron chi connectivity index (χ3n) is 8.57. The summed E-state index contributed by atoms with van der Waals surface area (Å²) in [6.07, 6.45) is 8.61. The summed E-state index contributed by atoms with van der Waals surface area (Å²) in [5.41, 5.74) is 7.56. The number of nitrogens with two attached hydrogens (primary N) is 1. The van der Waals surface area contributed by atoms with E-state index in [1.165, 1.54) is 19.3 Å². The number of anilines is 1. The first kappa shape index (κ1) is 28.1. The number of benzene rings is 1. The Hall–Kier alpha value is -2.39. The molecule has 1 saturated carbocycles. The van der Waals surface area contributed by atoms with Crippen LogP contribution in [0.25, 0.3) is 0 Å². The van der Waals surface area contributed by atoms with Gasteiger partial charge in [0.1, 0.15) is 5.82 Å². The fourth-order valence-corrected chi connectivity index (χ4v) is 7.16. The zero-order valence-electron chi connectivity index (χ0n) is 22.5. The fraction of sp³-hybridized carbons (Fsp3) is 0.552. The van der Waals surface area contributed by atoms with E-state index in [0.717, 1.165) is 56.8 Å². The number of rotatable bonds is 7. The van der Waals surface area contributed by atoms with Gasteiger partial charge in [0.2, 0.25) is 5.91 Å². The van der Waals surface area contributed by atoms with Crippen LogP contribution >= 0.6 is 23.2 Å². The number of nitrogens with one attached hydrogen (secondary N) is 1. The lowest BCUT2D eigenvalue weighted by atomic mass is 9.84. The molecule has 0 radical (unpaired) electrons. The second-order valence-electron chi connectivity index (χ2n) is 10.9. The summed E-state index contributed by atoms with van der Waals surface area (Å²) in [6, 6.07) is 8.55. The number of halogens is 2. The van der Waals surface area contributed by atoms with Gasteiger partial charge in [-0.3, -0.25) is 19.4 Å². The first-order chi connectivity index (χ1) is 18.9. The molecular formula is C29H38Cl2N6O2. The summed E-state index contributed by atoms with van der Waals surface area (Å²) in [6.45, 7) is 6.99. The molecule has 1 aromatic carbocycles. The van der Waals surface area contributed by atoms with Crippen molar-refractivity contribution in [2.45, 2.75) is 70.1 Å².